The topological polar surface area (TPSA) is 57.3 Å². The van der Waals surface area contributed by atoms with Gasteiger partial charge >= 0.3 is 0 Å². The molecule has 0 bridgehead atoms. The van der Waals surface area contributed by atoms with E-state index in [1.54, 1.807) is 12.4 Å². The molecule has 1 aromatic heterocycles. The van der Waals surface area contributed by atoms with E-state index in [0.29, 0.717) is 6.54 Å². The first-order valence-electron chi connectivity index (χ1n) is 6.82. The van der Waals surface area contributed by atoms with Gasteiger partial charge in [0.25, 0.3) is 0 Å². The first-order chi connectivity index (χ1) is 10.1. The van der Waals surface area contributed by atoms with Gasteiger partial charge in [-0.25, -0.2) is 0 Å². The fraction of sp³-hybridized carbons (Fsp3) is 0.250. The molecule has 0 atom stereocenters. The summed E-state index contributed by atoms with van der Waals surface area (Å²) in [4.78, 5) is 17.8. The standard InChI is InChI=1S/C16H20N4O/c1-20(2)15-5-3-14(4-6-15)19-16(21)12-18-11-13-7-9-17-10-8-13/h3-10,18H,11-12H2,1-2H3,(H,19,21). The number of pyridine rings is 1. The Kier molecular flexibility index (Phi) is 5.29. The number of rotatable bonds is 6. The molecule has 0 saturated carbocycles. The summed E-state index contributed by atoms with van der Waals surface area (Å²) in [6, 6.07) is 11.6. The number of hydrogen-bond acceptors (Lipinski definition) is 4. The second-order valence-corrected chi connectivity index (χ2v) is 4.95. The van der Waals surface area contributed by atoms with Gasteiger partial charge in [0.15, 0.2) is 0 Å². The molecule has 2 aromatic rings. The van der Waals surface area contributed by atoms with Gasteiger partial charge < -0.3 is 15.5 Å². The van der Waals surface area contributed by atoms with Crippen molar-refractivity contribution in [1.29, 1.82) is 0 Å². The van der Waals surface area contributed by atoms with Gasteiger partial charge in [-0.3, -0.25) is 9.78 Å². The third-order valence-electron chi connectivity index (χ3n) is 3.03. The summed E-state index contributed by atoms with van der Waals surface area (Å²) >= 11 is 0. The van der Waals surface area contributed by atoms with Gasteiger partial charge in [-0.1, -0.05) is 0 Å². The lowest BCUT2D eigenvalue weighted by molar-refractivity contribution is -0.115. The second kappa shape index (κ2) is 7.40. The van der Waals surface area contributed by atoms with E-state index in [-0.39, 0.29) is 12.5 Å². The summed E-state index contributed by atoms with van der Waals surface area (Å²) in [6.45, 7) is 0.924. The van der Waals surface area contributed by atoms with Gasteiger partial charge in [-0.2, -0.15) is 0 Å². The van der Waals surface area contributed by atoms with Gasteiger partial charge in [0.1, 0.15) is 0 Å². The maximum Gasteiger partial charge on any atom is 0.238 e. The van der Waals surface area contributed by atoms with Crippen LogP contribution in [0.5, 0.6) is 0 Å². The highest BCUT2D eigenvalue weighted by molar-refractivity contribution is 5.92. The summed E-state index contributed by atoms with van der Waals surface area (Å²) in [5.74, 6) is -0.0540. The smallest absolute Gasteiger partial charge is 0.238 e. The normalized spacial score (nSPS) is 10.2. The van der Waals surface area contributed by atoms with E-state index in [4.69, 9.17) is 0 Å². The van der Waals surface area contributed by atoms with Crippen molar-refractivity contribution in [2.75, 3.05) is 30.9 Å². The van der Waals surface area contributed by atoms with Crippen LogP contribution in [0.3, 0.4) is 0 Å². The van der Waals surface area contributed by atoms with Crippen molar-refractivity contribution >= 4 is 17.3 Å². The maximum atomic E-state index is 11.8. The maximum absolute atomic E-state index is 11.8. The minimum absolute atomic E-state index is 0.0540. The summed E-state index contributed by atoms with van der Waals surface area (Å²) in [6.07, 6.45) is 3.48. The predicted molar refractivity (Wildman–Crippen MR) is 85.3 cm³/mol. The van der Waals surface area contributed by atoms with Gasteiger partial charge in [0.2, 0.25) is 5.91 Å². The largest absolute Gasteiger partial charge is 0.378 e. The Morgan fingerprint density at radius 3 is 2.38 bits per heavy atom. The molecule has 2 rings (SSSR count). The Morgan fingerprint density at radius 1 is 1.10 bits per heavy atom. The van der Waals surface area contributed by atoms with Crippen LogP contribution in [0.2, 0.25) is 0 Å². The van der Waals surface area contributed by atoms with Gasteiger partial charge in [-0.15, -0.1) is 0 Å². The fourth-order valence-electron chi connectivity index (χ4n) is 1.87. The van der Waals surface area contributed by atoms with Crippen LogP contribution in [0.4, 0.5) is 11.4 Å². The Balaban J connectivity index is 1.76. The van der Waals surface area contributed by atoms with Crippen LogP contribution >= 0.6 is 0 Å². The van der Waals surface area contributed by atoms with E-state index >= 15 is 0 Å². The lowest BCUT2D eigenvalue weighted by Crippen LogP contribution is -2.27. The number of amides is 1. The average molecular weight is 284 g/mol. The molecule has 0 aliphatic heterocycles. The Bertz CT molecular complexity index is 567. The highest BCUT2D eigenvalue weighted by Crippen LogP contribution is 2.15. The van der Waals surface area contributed by atoms with Crippen molar-refractivity contribution in [3.63, 3.8) is 0 Å². The van der Waals surface area contributed by atoms with Crippen LogP contribution in [0.25, 0.3) is 0 Å². The van der Waals surface area contributed by atoms with Gasteiger partial charge in [-0.05, 0) is 42.0 Å². The lowest BCUT2D eigenvalue weighted by atomic mass is 10.2. The Labute approximate surface area is 125 Å². The van der Waals surface area contributed by atoms with Crippen LogP contribution in [-0.2, 0) is 11.3 Å². The number of carbonyl (C=O) groups is 1. The van der Waals surface area contributed by atoms with E-state index in [2.05, 4.69) is 15.6 Å². The molecule has 0 radical (unpaired) electrons. The molecule has 0 saturated heterocycles. The van der Waals surface area contributed by atoms with E-state index in [0.717, 1.165) is 16.9 Å². The third-order valence-corrected chi connectivity index (χ3v) is 3.03. The SMILES string of the molecule is CN(C)c1ccc(NC(=O)CNCc2ccncc2)cc1. The van der Waals surface area contributed by atoms with Crippen molar-refractivity contribution in [2.24, 2.45) is 0 Å². The molecule has 2 N–H and O–H groups in total. The number of aromatic nitrogens is 1. The van der Waals surface area contributed by atoms with Crippen molar-refractivity contribution in [3.8, 4) is 0 Å². The first kappa shape index (κ1) is 15.0. The number of carbonyl (C=O) groups excluding carboxylic acids is 1. The molecule has 5 heteroatoms. The minimum Gasteiger partial charge on any atom is -0.378 e. The molecule has 0 aliphatic carbocycles. The van der Waals surface area contributed by atoms with E-state index < -0.39 is 0 Å². The third kappa shape index (κ3) is 4.89. The van der Waals surface area contributed by atoms with Crippen molar-refractivity contribution < 1.29 is 4.79 Å². The zero-order valence-corrected chi connectivity index (χ0v) is 12.3. The highest BCUT2D eigenvalue weighted by atomic mass is 16.1. The number of nitrogens with one attached hydrogen (secondary N) is 2. The molecule has 1 heterocycles. The first-order valence-corrected chi connectivity index (χ1v) is 6.82. The zero-order valence-electron chi connectivity index (χ0n) is 12.3. The molecule has 0 spiro atoms. The van der Waals surface area contributed by atoms with Gasteiger partial charge in [0, 0.05) is 44.4 Å². The van der Waals surface area contributed by atoms with E-state index in [1.165, 1.54) is 0 Å². The second-order valence-electron chi connectivity index (χ2n) is 4.95. The Morgan fingerprint density at radius 2 is 1.76 bits per heavy atom. The molecule has 0 unspecified atom stereocenters. The molecule has 0 aliphatic rings. The molecule has 5 nitrogen and oxygen atoms in total. The number of benzene rings is 1. The minimum atomic E-state index is -0.0540. The van der Waals surface area contributed by atoms with Crippen LogP contribution in [0.15, 0.2) is 48.8 Å². The van der Waals surface area contributed by atoms with Crippen LogP contribution in [0, 0.1) is 0 Å². The number of nitrogens with zero attached hydrogens (tertiary/aromatic N) is 2. The predicted octanol–water partition coefficient (Wildman–Crippen LogP) is 1.88. The quantitative estimate of drug-likeness (QED) is 0.850. The number of anilines is 2. The van der Waals surface area contributed by atoms with E-state index in [9.17, 15) is 4.79 Å². The van der Waals surface area contributed by atoms with Gasteiger partial charge in [0.05, 0.1) is 6.54 Å². The van der Waals surface area contributed by atoms with Crippen molar-refractivity contribution in [2.45, 2.75) is 6.54 Å². The molecule has 1 aromatic carbocycles. The summed E-state index contributed by atoms with van der Waals surface area (Å²) in [7, 11) is 3.97. The fourth-order valence-corrected chi connectivity index (χ4v) is 1.87. The van der Waals surface area contributed by atoms with E-state index in [1.807, 2.05) is 55.4 Å². The monoisotopic (exact) mass is 284 g/mol. The average Bonchev–Trinajstić information content (AvgIpc) is 2.49. The zero-order chi connectivity index (χ0) is 15.1. The lowest BCUT2D eigenvalue weighted by Gasteiger charge is -2.13. The molecule has 110 valence electrons. The van der Waals surface area contributed by atoms with Crippen LogP contribution in [-0.4, -0.2) is 31.5 Å². The van der Waals surface area contributed by atoms with Crippen molar-refractivity contribution in [3.05, 3.63) is 54.4 Å². The molecular formula is C16H20N4O. The molecule has 1 amide bonds. The highest BCUT2D eigenvalue weighted by Gasteiger charge is 2.02. The van der Waals surface area contributed by atoms with Crippen molar-refractivity contribution in [1.82, 2.24) is 10.3 Å². The Hall–Kier alpha value is -2.40. The summed E-state index contributed by atoms with van der Waals surface area (Å²) < 4.78 is 0. The summed E-state index contributed by atoms with van der Waals surface area (Å²) in [5, 5.41) is 5.97. The van der Waals surface area contributed by atoms with Crippen LogP contribution < -0.4 is 15.5 Å². The summed E-state index contributed by atoms with van der Waals surface area (Å²) in [5.41, 5.74) is 3.01. The molecule has 0 fully saturated rings. The van der Waals surface area contributed by atoms with Crippen LogP contribution in [0.1, 0.15) is 5.56 Å². The molecule has 21 heavy (non-hydrogen) atoms. The number of hydrogen-bond donors (Lipinski definition) is 2. The molecular weight excluding hydrogens is 264 g/mol.